The summed E-state index contributed by atoms with van der Waals surface area (Å²) in [4.78, 5) is 13.7. The van der Waals surface area contributed by atoms with Gasteiger partial charge in [0.1, 0.15) is 0 Å². The van der Waals surface area contributed by atoms with Crippen LogP contribution in [0.2, 0.25) is 0 Å². The lowest BCUT2D eigenvalue weighted by molar-refractivity contribution is 0.0690. The molecule has 21 heavy (non-hydrogen) atoms. The quantitative estimate of drug-likeness (QED) is 0.896. The Labute approximate surface area is 122 Å². The summed E-state index contributed by atoms with van der Waals surface area (Å²) >= 11 is 0. The number of carbonyl (C=O) groups is 1. The average molecular weight is 286 g/mol. The first kappa shape index (κ1) is 13.8. The number of likely N-dealkylation sites (tertiary alicyclic amines) is 1. The van der Waals surface area contributed by atoms with Crippen LogP contribution in [0.25, 0.3) is 10.9 Å². The van der Waals surface area contributed by atoms with E-state index >= 15 is 0 Å². The number of likely N-dealkylation sites (N-methyl/N-ethyl adjacent to an activating group) is 1. The summed E-state index contributed by atoms with van der Waals surface area (Å²) in [5.74, 6) is -1.06. The Morgan fingerprint density at radius 3 is 2.95 bits per heavy atom. The lowest BCUT2D eigenvalue weighted by Gasteiger charge is -2.31. The Hall–Kier alpha value is -2.21. The van der Waals surface area contributed by atoms with E-state index in [4.69, 9.17) is 0 Å². The Morgan fingerprint density at radius 2 is 2.19 bits per heavy atom. The van der Waals surface area contributed by atoms with Gasteiger partial charge in [0.15, 0.2) is 5.69 Å². The van der Waals surface area contributed by atoms with Crippen molar-refractivity contribution in [1.29, 1.82) is 0 Å². The van der Waals surface area contributed by atoms with Crippen LogP contribution >= 0.6 is 0 Å². The van der Waals surface area contributed by atoms with Gasteiger partial charge in [0.2, 0.25) is 0 Å². The zero-order valence-corrected chi connectivity index (χ0v) is 11.9. The van der Waals surface area contributed by atoms with Crippen LogP contribution in [-0.2, 0) is 0 Å². The number of piperidine rings is 1. The number of nitrogens with zero attached hydrogens (tertiary/aromatic N) is 3. The number of aromatic nitrogens is 2. The minimum absolute atomic E-state index is 0.0121. The van der Waals surface area contributed by atoms with Crippen molar-refractivity contribution in [2.45, 2.75) is 18.9 Å². The van der Waals surface area contributed by atoms with Crippen LogP contribution in [0, 0.1) is 0 Å². The van der Waals surface area contributed by atoms with Crippen molar-refractivity contribution in [3.05, 3.63) is 30.0 Å². The van der Waals surface area contributed by atoms with Gasteiger partial charge in [0.05, 0.1) is 11.2 Å². The predicted molar refractivity (Wildman–Crippen MR) is 80.6 cm³/mol. The minimum atomic E-state index is -1.06. The molecule has 1 atom stereocenters. The maximum Gasteiger partial charge on any atom is 0.358 e. The third kappa shape index (κ3) is 2.80. The van der Waals surface area contributed by atoms with Crippen molar-refractivity contribution in [3.8, 4) is 0 Å². The average Bonchev–Trinajstić information content (AvgIpc) is 2.47. The van der Waals surface area contributed by atoms with Crippen LogP contribution in [-0.4, -0.2) is 52.4 Å². The molecule has 1 saturated heterocycles. The van der Waals surface area contributed by atoms with Crippen LogP contribution in [0.1, 0.15) is 23.3 Å². The van der Waals surface area contributed by atoms with E-state index in [9.17, 15) is 9.90 Å². The summed E-state index contributed by atoms with van der Waals surface area (Å²) in [6.45, 7) is 1.98. The zero-order valence-electron chi connectivity index (χ0n) is 11.9. The number of rotatable bonds is 3. The predicted octanol–water partition coefficient (Wildman–Crippen LogP) is 1.83. The summed E-state index contributed by atoms with van der Waals surface area (Å²) in [6.07, 6.45) is 2.13. The Bertz CT molecular complexity index is 674. The molecule has 0 saturated carbocycles. The Balaban J connectivity index is 2.01. The van der Waals surface area contributed by atoms with Gasteiger partial charge in [-0.25, -0.2) is 4.79 Å². The number of hydrogen-bond acceptors (Lipinski definition) is 5. The van der Waals surface area contributed by atoms with Crippen molar-refractivity contribution < 1.29 is 9.90 Å². The van der Waals surface area contributed by atoms with E-state index in [1.807, 2.05) is 24.3 Å². The van der Waals surface area contributed by atoms with Gasteiger partial charge in [-0.3, -0.25) is 0 Å². The second kappa shape index (κ2) is 5.65. The van der Waals surface area contributed by atoms with E-state index in [1.165, 1.54) is 0 Å². The van der Waals surface area contributed by atoms with Crippen molar-refractivity contribution in [3.63, 3.8) is 0 Å². The van der Waals surface area contributed by atoms with Crippen molar-refractivity contribution >= 4 is 22.6 Å². The molecule has 3 rings (SSSR count). The molecule has 0 amide bonds. The highest BCUT2D eigenvalue weighted by atomic mass is 16.4. The van der Waals surface area contributed by atoms with Gasteiger partial charge in [-0.15, -0.1) is 10.2 Å². The first-order chi connectivity index (χ1) is 10.1. The molecule has 2 heterocycles. The molecule has 0 bridgehead atoms. The number of nitrogens with one attached hydrogen (secondary N) is 1. The van der Waals surface area contributed by atoms with Crippen LogP contribution in [0.3, 0.4) is 0 Å². The topological polar surface area (TPSA) is 78.4 Å². The molecule has 6 nitrogen and oxygen atoms in total. The van der Waals surface area contributed by atoms with E-state index in [0.717, 1.165) is 31.3 Å². The van der Waals surface area contributed by atoms with Gasteiger partial charge in [-0.05, 0) is 32.5 Å². The van der Waals surface area contributed by atoms with Gasteiger partial charge in [0.25, 0.3) is 0 Å². The highest BCUT2D eigenvalue weighted by molar-refractivity contribution is 6.02. The molecule has 0 spiro atoms. The van der Waals surface area contributed by atoms with Gasteiger partial charge < -0.3 is 15.3 Å². The van der Waals surface area contributed by atoms with Crippen molar-refractivity contribution in [1.82, 2.24) is 15.1 Å². The fraction of sp³-hybridized carbons (Fsp3) is 0.400. The fourth-order valence-corrected chi connectivity index (χ4v) is 2.84. The van der Waals surface area contributed by atoms with E-state index in [1.54, 1.807) is 0 Å². The van der Waals surface area contributed by atoms with Crippen molar-refractivity contribution in [2.75, 3.05) is 25.5 Å². The highest BCUT2D eigenvalue weighted by Crippen LogP contribution is 2.26. The molecule has 1 fully saturated rings. The maximum absolute atomic E-state index is 11.4. The Kier molecular flexibility index (Phi) is 3.70. The number of aromatic carboxylic acids is 1. The molecule has 0 radical (unpaired) electrons. The van der Waals surface area contributed by atoms with Crippen molar-refractivity contribution in [2.24, 2.45) is 0 Å². The molecule has 1 unspecified atom stereocenters. The van der Waals surface area contributed by atoms with Gasteiger partial charge in [-0.2, -0.15) is 0 Å². The normalized spacial score (nSPS) is 19.6. The van der Waals surface area contributed by atoms with E-state index in [0.29, 0.717) is 11.2 Å². The SMILES string of the molecule is CN1CCCC(Nc2c(C(=O)O)nnc3ccccc23)C1. The first-order valence-corrected chi connectivity index (χ1v) is 7.09. The maximum atomic E-state index is 11.4. The van der Waals surface area contributed by atoms with Crippen LogP contribution in [0.5, 0.6) is 0 Å². The molecule has 6 heteroatoms. The molecule has 1 aromatic heterocycles. The van der Waals surface area contributed by atoms with E-state index in [-0.39, 0.29) is 11.7 Å². The highest BCUT2D eigenvalue weighted by Gasteiger charge is 2.22. The lowest BCUT2D eigenvalue weighted by atomic mass is 10.0. The summed E-state index contributed by atoms with van der Waals surface area (Å²) in [5.41, 5.74) is 1.27. The molecular weight excluding hydrogens is 268 g/mol. The van der Waals surface area contributed by atoms with Gasteiger partial charge in [-0.1, -0.05) is 18.2 Å². The summed E-state index contributed by atoms with van der Waals surface area (Å²) < 4.78 is 0. The first-order valence-electron chi connectivity index (χ1n) is 7.09. The largest absolute Gasteiger partial charge is 0.476 e. The monoisotopic (exact) mass is 286 g/mol. The standard InChI is InChI=1S/C15H18N4O2/c1-19-8-4-5-10(9-19)16-13-11-6-2-3-7-12(11)17-18-14(13)15(20)21/h2-3,6-7,10H,4-5,8-9H2,1H3,(H,16,17)(H,20,21). The number of hydrogen-bond donors (Lipinski definition) is 2. The van der Waals surface area contributed by atoms with Crippen LogP contribution < -0.4 is 5.32 Å². The number of fused-ring (bicyclic) bond motifs is 1. The molecule has 110 valence electrons. The van der Waals surface area contributed by atoms with Gasteiger partial charge >= 0.3 is 5.97 Å². The van der Waals surface area contributed by atoms with Crippen LogP contribution in [0.4, 0.5) is 5.69 Å². The molecule has 2 N–H and O–H groups in total. The fourth-order valence-electron chi connectivity index (χ4n) is 2.84. The molecular formula is C15H18N4O2. The number of carboxylic acids is 1. The number of benzene rings is 1. The molecule has 2 aromatic rings. The number of carboxylic acid groups (broad SMARTS) is 1. The minimum Gasteiger partial charge on any atom is -0.476 e. The molecule has 1 aliphatic rings. The summed E-state index contributed by atoms with van der Waals surface area (Å²) in [6, 6.07) is 7.70. The molecule has 1 aromatic carbocycles. The molecule has 1 aliphatic heterocycles. The van der Waals surface area contributed by atoms with Crippen LogP contribution in [0.15, 0.2) is 24.3 Å². The zero-order chi connectivity index (χ0) is 14.8. The van der Waals surface area contributed by atoms with E-state index in [2.05, 4.69) is 27.5 Å². The summed E-state index contributed by atoms with van der Waals surface area (Å²) in [7, 11) is 2.08. The third-order valence-electron chi connectivity index (χ3n) is 3.84. The smallest absolute Gasteiger partial charge is 0.358 e. The lowest BCUT2D eigenvalue weighted by Crippen LogP contribution is -2.40. The number of anilines is 1. The Morgan fingerprint density at radius 1 is 1.38 bits per heavy atom. The second-order valence-corrected chi connectivity index (χ2v) is 5.49. The second-order valence-electron chi connectivity index (χ2n) is 5.49. The summed E-state index contributed by atoms with van der Waals surface area (Å²) in [5, 5.41) is 21.4. The third-order valence-corrected chi connectivity index (χ3v) is 3.84. The molecule has 0 aliphatic carbocycles. The van der Waals surface area contributed by atoms with Gasteiger partial charge in [0, 0.05) is 18.0 Å². The van der Waals surface area contributed by atoms with E-state index < -0.39 is 5.97 Å².